The van der Waals surface area contributed by atoms with Crippen molar-refractivity contribution in [3.05, 3.63) is 59.7 Å². The molecule has 27 heavy (non-hydrogen) atoms. The molecule has 1 fully saturated rings. The summed E-state index contributed by atoms with van der Waals surface area (Å²) in [6, 6.07) is 15.8. The fraction of sp³-hybridized carbons (Fsp3) is 0.409. The van der Waals surface area contributed by atoms with Crippen LogP contribution in [0.25, 0.3) is 0 Å². The van der Waals surface area contributed by atoms with Crippen molar-refractivity contribution in [3.63, 3.8) is 0 Å². The predicted molar refractivity (Wildman–Crippen MR) is 108 cm³/mol. The zero-order valence-corrected chi connectivity index (χ0v) is 16.1. The van der Waals surface area contributed by atoms with E-state index in [-0.39, 0.29) is 12.0 Å². The molecule has 1 N–H and O–H groups in total. The first kappa shape index (κ1) is 19.2. The van der Waals surface area contributed by atoms with Crippen molar-refractivity contribution < 1.29 is 14.3 Å². The Balaban J connectivity index is 1.45. The molecule has 2 aromatic carbocycles. The third-order valence-corrected chi connectivity index (χ3v) is 4.50. The molecule has 5 nitrogen and oxygen atoms in total. The van der Waals surface area contributed by atoms with Crippen LogP contribution in [0.5, 0.6) is 5.75 Å². The maximum atomic E-state index is 12.3. The van der Waals surface area contributed by atoms with Crippen LogP contribution in [0.4, 0.5) is 5.69 Å². The highest BCUT2D eigenvalue weighted by Crippen LogP contribution is 2.17. The maximum absolute atomic E-state index is 12.3. The number of hydrogen-bond acceptors (Lipinski definition) is 4. The fourth-order valence-electron chi connectivity index (χ4n) is 3.07. The molecule has 0 aromatic heterocycles. The van der Waals surface area contributed by atoms with Crippen LogP contribution in [-0.4, -0.2) is 44.9 Å². The van der Waals surface area contributed by atoms with E-state index in [1.807, 2.05) is 26.0 Å². The number of anilines is 1. The molecule has 1 saturated heterocycles. The molecule has 1 aliphatic rings. The lowest BCUT2D eigenvalue weighted by atomic mass is 10.1. The van der Waals surface area contributed by atoms with Gasteiger partial charge in [0.05, 0.1) is 19.3 Å². The number of amides is 1. The molecule has 0 radical (unpaired) electrons. The van der Waals surface area contributed by atoms with Gasteiger partial charge in [-0.2, -0.15) is 0 Å². The zero-order chi connectivity index (χ0) is 19.1. The van der Waals surface area contributed by atoms with Crippen molar-refractivity contribution >= 4 is 11.6 Å². The van der Waals surface area contributed by atoms with Crippen LogP contribution in [0.3, 0.4) is 0 Å². The second kappa shape index (κ2) is 9.42. The topological polar surface area (TPSA) is 50.8 Å². The number of hydrogen-bond donors (Lipinski definition) is 1. The molecule has 0 saturated carbocycles. The lowest BCUT2D eigenvalue weighted by molar-refractivity contribution is 0.0954. The summed E-state index contributed by atoms with van der Waals surface area (Å²) < 4.78 is 11.0. The van der Waals surface area contributed by atoms with E-state index >= 15 is 0 Å². The van der Waals surface area contributed by atoms with E-state index in [1.54, 1.807) is 12.1 Å². The van der Waals surface area contributed by atoms with E-state index in [4.69, 9.17) is 9.47 Å². The zero-order valence-electron chi connectivity index (χ0n) is 16.1. The number of morpholine rings is 1. The van der Waals surface area contributed by atoms with Crippen LogP contribution < -0.4 is 15.0 Å². The van der Waals surface area contributed by atoms with Gasteiger partial charge in [-0.05, 0) is 62.2 Å². The summed E-state index contributed by atoms with van der Waals surface area (Å²) in [5.74, 6) is 0.720. The van der Waals surface area contributed by atoms with Crippen LogP contribution in [0.15, 0.2) is 48.5 Å². The molecule has 0 unspecified atom stereocenters. The summed E-state index contributed by atoms with van der Waals surface area (Å²) in [4.78, 5) is 14.6. The number of carbonyl (C=O) groups is 1. The van der Waals surface area contributed by atoms with Gasteiger partial charge in [0.15, 0.2) is 0 Å². The first-order valence-corrected chi connectivity index (χ1v) is 9.58. The van der Waals surface area contributed by atoms with Gasteiger partial charge in [-0.3, -0.25) is 4.79 Å². The smallest absolute Gasteiger partial charge is 0.251 e. The van der Waals surface area contributed by atoms with E-state index < -0.39 is 0 Å². The molecule has 5 heteroatoms. The molecule has 144 valence electrons. The van der Waals surface area contributed by atoms with Gasteiger partial charge in [0, 0.05) is 30.9 Å². The van der Waals surface area contributed by atoms with Crippen LogP contribution in [0, 0.1) is 0 Å². The van der Waals surface area contributed by atoms with E-state index in [0.29, 0.717) is 12.1 Å². The first-order valence-electron chi connectivity index (χ1n) is 9.58. The van der Waals surface area contributed by atoms with Crippen molar-refractivity contribution in [1.29, 1.82) is 0 Å². The summed E-state index contributed by atoms with van der Waals surface area (Å²) in [7, 11) is 0. The molecule has 0 aliphatic carbocycles. The Morgan fingerprint density at radius 1 is 1.07 bits per heavy atom. The molecular weight excluding hydrogens is 340 g/mol. The van der Waals surface area contributed by atoms with Gasteiger partial charge in [0.1, 0.15) is 5.75 Å². The van der Waals surface area contributed by atoms with Gasteiger partial charge in [-0.1, -0.05) is 12.1 Å². The quantitative estimate of drug-likeness (QED) is 0.815. The average Bonchev–Trinajstić information content (AvgIpc) is 2.69. The lowest BCUT2D eigenvalue weighted by Gasteiger charge is -2.28. The number of nitrogens with one attached hydrogen (secondary N) is 1. The Morgan fingerprint density at radius 2 is 1.74 bits per heavy atom. The van der Waals surface area contributed by atoms with E-state index in [0.717, 1.165) is 38.5 Å². The molecule has 3 rings (SSSR count). The van der Waals surface area contributed by atoms with Crippen molar-refractivity contribution in [1.82, 2.24) is 5.32 Å². The summed E-state index contributed by atoms with van der Waals surface area (Å²) >= 11 is 0. The third kappa shape index (κ3) is 5.73. The standard InChI is InChI=1S/C22H28N2O3/c1-17(2)27-21-9-5-19(6-10-21)22(25)23-12-11-18-3-7-20(8-4-18)24-13-15-26-16-14-24/h3-10,17H,11-16H2,1-2H3,(H,23,25). The molecule has 0 atom stereocenters. The highest BCUT2D eigenvalue weighted by molar-refractivity contribution is 5.94. The fourth-order valence-corrected chi connectivity index (χ4v) is 3.07. The molecule has 0 spiro atoms. The maximum Gasteiger partial charge on any atom is 0.251 e. The molecule has 1 amide bonds. The first-order chi connectivity index (χ1) is 13.1. The predicted octanol–water partition coefficient (Wildman–Crippen LogP) is 3.28. The Kier molecular flexibility index (Phi) is 6.71. The van der Waals surface area contributed by atoms with Gasteiger partial charge >= 0.3 is 0 Å². The Bertz CT molecular complexity index is 720. The van der Waals surface area contributed by atoms with Crippen molar-refractivity contribution in [3.8, 4) is 5.75 Å². The van der Waals surface area contributed by atoms with E-state index in [1.165, 1.54) is 11.3 Å². The van der Waals surface area contributed by atoms with Crippen molar-refractivity contribution in [2.75, 3.05) is 37.7 Å². The van der Waals surface area contributed by atoms with Gasteiger partial charge in [0.2, 0.25) is 0 Å². The summed E-state index contributed by atoms with van der Waals surface area (Å²) in [5.41, 5.74) is 3.09. The van der Waals surface area contributed by atoms with Crippen LogP contribution in [-0.2, 0) is 11.2 Å². The average molecular weight is 368 g/mol. The highest BCUT2D eigenvalue weighted by atomic mass is 16.5. The van der Waals surface area contributed by atoms with Crippen molar-refractivity contribution in [2.24, 2.45) is 0 Å². The number of benzene rings is 2. The lowest BCUT2D eigenvalue weighted by Crippen LogP contribution is -2.36. The highest BCUT2D eigenvalue weighted by Gasteiger charge is 2.11. The second-order valence-corrected chi connectivity index (χ2v) is 6.96. The summed E-state index contributed by atoms with van der Waals surface area (Å²) in [5, 5.41) is 2.98. The summed E-state index contributed by atoms with van der Waals surface area (Å²) in [6.07, 6.45) is 0.934. The molecule has 1 aliphatic heterocycles. The minimum Gasteiger partial charge on any atom is -0.491 e. The molecular formula is C22H28N2O3. The van der Waals surface area contributed by atoms with Crippen LogP contribution in [0.1, 0.15) is 29.8 Å². The minimum absolute atomic E-state index is 0.0592. The van der Waals surface area contributed by atoms with Gasteiger partial charge in [-0.15, -0.1) is 0 Å². The second-order valence-electron chi connectivity index (χ2n) is 6.96. The Labute approximate surface area is 161 Å². The van der Waals surface area contributed by atoms with E-state index in [2.05, 4.69) is 34.5 Å². The van der Waals surface area contributed by atoms with Gasteiger partial charge in [-0.25, -0.2) is 0 Å². The minimum atomic E-state index is -0.0592. The van der Waals surface area contributed by atoms with E-state index in [9.17, 15) is 4.79 Å². The largest absolute Gasteiger partial charge is 0.491 e. The Hall–Kier alpha value is -2.53. The monoisotopic (exact) mass is 368 g/mol. The number of carbonyl (C=O) groups excluding carboxylic acids is 1. The molecule has 0 bridgehead atoms. The Morgan fingerprint density at radius 3 is 2.37 bits per heavy atom. The van der Waals surface area contributed by atoms with Gasteiger partial charge < -0.3 is 19.7 Å². The molecule has 1 heterocycles. The van der Waals surface area contributed by atoms with Crippen LogP contribution in [0.2, 0.25) is 0 Å². The van der Waals surface area contributed by atoms with Crippen molar-refractivity contribution in [2.45, 2.75) is 26.4 Å². The number of nitrogens with zero attached hydrogens (tertiary/aromatic N) is 1. The van der Waals surface area contributed by atoms with Gasteiger partial charge in [0.25, 0.3) is 5.91 Å². The SMILES string of the molecule is CC(C)Oc1ccc(C(=O)NCCc2ccc(N3CCOCC3)cc2)cc1. The third-order valence-electron chi connectivity index (χ3n) is 4.50. The molecule has 2 aromatic rings. The van der Waals surface area contributed by atoms with Crippen LogP contribution >= 0.6 is 0 Å². The normalized spacial score (nSPS) is 14.3. The summed E-state index contributed by atoms with van der Waals surface area (Å²) in [6.45, 7) is 8.03. The number of rotatable bonds is 7. The number of ether oxygens (including phenoxy) is 2.